The van der Waals surface area contributed by atoms with E-state index in [1.54, 1.807) is 6.33 Å². The smallest absolute Gasteiger partial charge is 0.247 e. The molecule has 1 atom stereocenters. The number of benzene rings is 2. The highest BCUT2D eigenvalue weighted by molar-refractivity contribution is 5.96. The van der Waals surface area contributed by atoms with Crippen LogP contribution in [-0.4, -0.2) is 37.2 Å². The number of rotatable bonds is 6. The van der Waals surface area contributed by atoms with E-state index in [1.165, 1.54) is 6.42 Å². The van der Waals surface area contributed by atoms with Gasteiger partial charge in [-0.2, -0.15) is 9.97 Å². The normalized spacial score (nSPS) is 18.1. The van der Waals surface area contributed by atoms with Gasteiger partial charge in [0.15, 0.2) is 11.2 Å². The van der Waals surface area contributed by atoms with Crippen molar-refractivity contribution in [3.8, 4) is 17.0 Å². The fourth-order valence-electron chi connectivity index (χ4n) is 5.05. The molecule has 5 aromatic rings. The third-order valence-electron chi connectivity index (χ3n) is 7.27. The van der Waals surface area contributed by atoms with Crippen LogP contribution in [0.1, 0.15) is 44.8 Å². The lowest BCUT2D eigenvalue weighted by atomic mass is 9.96. The molecule has 0 amide bonds. The van der Waals surface area contributed by atoms with Gasteiger partial charge in [0.1, 0.15) is 12.3 Å². The van der Waals surface area contributed by atoms with Crippen LogP contribution in [0.25, 0.3) is 33.2 Å². The Kier molecular flexibility index (Phi) is 5.66. The van der Waals surface area contributed by atoms with E-state index in [1.807, 2.05) is 29.0 Å². The topological polar surface area (TPSA) is 87.0 Å². The largest absolute Gasteiger partial charge is 0.473 e. The van der Waals surface area contributed by atoms with Crippen LogP contribution in [-0.2, 0) is 4.74 Å². The number of anilines is 2. The molecule has 1 saturated heterocycles. The molecular formula is C29H28N6O2. The highest BCUT2D eigenvalue weighted by Gasteiger charge is 2.25. The predicted molar refractivity (Wildman–Crippen MR) is 143 cm³/mol. The van der Waals surface area contributed by atoms with E-state index in [4.69, 9.17) is 19.4 Å². The number of hydrogen-bond donors (Lipinski definition) is 1. The first kappa shape index (κ1) is 22.2. The van der Waals surface area contributed by atoms with Crippen molar-refractivity contribution in [2.24, 2.45) is 0 Å². The van der Waals surface area contributed by atoms with Gasteiger partial charge in [0, 0.05) is 23.9 Å². The molecule has 0 radical (unpaired) electrons. The zero-order chi connectivity index (χ0) is 24.6. The first-order valence-electron chi connectivity index (χ1n) is 13.1. The molecule has 186 valence electrons. The second-order valence-corrected chi connectivity index (χ2v) is 9.75. The lowest BCUT2D eigenvalue weighted by molar-refractivity contribution is -0.0298. The van der Waals surface area contributed by atoms with Gasteiger partial charge >= 0.3 is 0 Å². The first-order valence-corrected chi connectivity index (χ1v) is 13.1. The van der Waals surface area contributed by atoms with Crippen molar-refractivity contribution in [2.75, 3.05) is 11.9 Å². The minimum Gasteiger partial charge on any atom is -0.473 e. The standard InChI is InChI=1S/C29H28N6O2/c1-2-7-19(8-3-1)22-14-15-30-24-13-12-20(17-23(22)24)32-29-33-27-26(28(34-29)37-21-9-6-10-21)31-18-35(27)25-11-4-5-16-36-25/h1-3,7-8,12-15,17-18,21,25H,4-6,9-11,16H2,(H,32,33,34). The molecule has 1 saturated carbocycles. The molecule has 37 heavy (non-hydrogen) atoms. The number of imidazole rings is 1. The van der Waals surface area contributed by atoms with E-state index in [0.717, 1.165) is 72.1 Å². The maximum absolute atomic E-state index is 6.27. The summed E-state index contributed by atoms with van der Waals surface area (Å²) < 4.78 is 14.3. The van der Waals surface area contributed by atoms with Crippen LogP contribution < -0.4 is 10.1 Å². The van der Waals surface area contributed by atoms with E-state index in [2.05, 4.69) is 51.7 Å². The van der Waals surface area contributed by atoms with Gasteiger partial charge in [-0.25, -0.2) is 4.98 Å². The highest BCUT2D eigenvalue weighted by Crippen LogP contribution is 2.34. The number of aromatic nitrogens is 5. The molecule has 2 aliphatic rings. The Morgan fingerprint density at radius 3 is 2.65 bits per heavy atom. The summed E-state index contributed by atoms with van der Waals surface area (Å²) >= 11 is 0. The second kappa shape index (κ2) is 9.44. The molecule has 4 heterocycles. The van der Waals surface area contributed by atoms with E-state index < -0.39 is 0 Å². The minimum atomic E-state index is -0.0711. The van der Waals surface area contributed by atoms with Gasteiger partial charge in [-0.15, -0.1) is 0 Å². The summed E-state index contributed by atoms with van der Waals surface area (Å²) in [6.07, 6.45) is 10.2. The molecule has 3 aromatic heterocycles. The second-order valence-electron chi connectivity index (χ2n) is 9.75. The van der Waals surface area contributed by atoms with Crippen molar-refractivity contribution in [1.82, 2.24) is 24.5 Å². The lowest BCUT2D eigenvalue weighted by Gasteiger charge is -2.26. The van der Waals surface area contributed by atoms with E-state index in [9.17, 15) is 0 Å². The Labute approximate surface area is 214 Å². The predicted octanol–water partition coefficient (Wildman–Crippen LogP) is 6.42. The van der Waals surface area contributed by atoms with Crippen molar-refractivity contribution in [1.29, 1.82) is 0 Å². The number of ether oxygens (including phenoxy) is 2. The van der Waals surface area contributed by atoms with Crippen molar-refractivity contribution in [3.05, 3.63) is 67.1 Å². The molecule has 0 bridgehead atoms. The summed E-state index contributed by atoms with van der Waals surface area (Å²) in [6.45, 7) is 0.751. The number of fused-ring (bicyclic) bond motifs is 2. The maximum atomic E-state index is 6.27. The number of nitrogens with zero attached hydrogens (tertiary/aromatic N) is 5. The Balaban J connectivity index is 1.29. The van der Waals surface area contributed by atoms with Crippen LogP contribution in [0.3, 0.4) is 0 Å². The Bertz CT molecular complexity index is 1560. The average molecular weight is 493 g/mol. The van der Waals surface area contributed by atoms with Crippen LogP contribution in [0.4, 0.5) is 11.6 Å². The summed E-state index contributed by atoms with van der Waals surface area (Å²) in [5, 5.41) is 4.49. The Morgan fingerprint density at radius 2 is 1.84 bits per heavy atom. The molecule has 1 aliphatic heterocycles. The van der Waals surface area contributed by atoms with Gasteiger partial charge in [-0.1, -0.05) is 30.3 Å². The Morgan fingerprint density at radius 1 is 0.919 bits per heavy atom. The van der Waals surface area contributed by atoms with Gasteiger partial charge in [-0.05, 0) is 73.9 Å². The molecule has 1 unspecified atom stereocenters. The third-order valence-corrected chi connectivity index (χ3v) is 7.27. The van der Waals surface area contributed by atoms with E-state index >= 15 is 0 Å². The lowest BCUT2D eigenvalue weighted by Crippen LogP contribution is -2.25. The number of pyridine rings is 1. The van der Waals surface area contributed by atoms with Crippen molar-refractivity contribution >= 4 is 33.7 Å². The highest BCUT2D eigenvalue weighted by atomic mass is 16.5. The van der Waals surface area contributed by atoms with Crippen LogP contribution in [0, 0.1) is 0 Å². The van der Waals surface area contributed by atoms with Gasteiger partial charge in [-0.3, -0.25) is 9.55 Å². The minimum absolute atomic E-state index is 0.0711. The number of hydrogen-bond acceptors (Lipinski definition) is 7. The van der Waals surface area contributed by atoms with Crippen LogP contribution in [0.15, 0.2) is 67.1 Å². The van der Waals surface area contributed by atoms with E-state index in [-0.39, 0.29) is 12.3 Å². The summed E-state index contributed by atoms with van der Waals surface area (Å²) in [6, 6.07) is 18.5. The van der Waals surface area contributed by atoms with Gasteiger partial charge in [0.25, 0.3) is 0 Å². The average Bonchev–Trinajstić information content (AvgIpc) is 3.35. The zero-order valence-corrected chi connectivity index (χ0v) is 20.5. The van der Waals surface area contributed by atoms with Crippen LogP contribution in [0.2, 0.25) is 0 Å². The molecule has 2 aromatic carbocycles. The molecule has 1 N–H and O–H groups in total. The molecule has 7 rings (SSSR count). The van der Waals surface area contributed by atoms with Crippen LogP contribution in [0.5, 0.6) is 5.88 Å². The monoisotopic (exact) mass is 492 g/mol. The summed E-state index contributed by atoms with van der Waals surface area (Å²) in [4.78, 5) is 18.8. The van der Waals surface area contributed by atoms with E-state index in [0.29, 0.717) is 17.3 Å². The SMILES string of the molecule is c1ccc(-c2ccnc3ccc(Nc4nc(OC5CCC5)c5ncn(C6CCCCO6)c5n4)cc23)cc1. The zero-order valence-electron chi connectivity index (χ0n) is 20.5. The van der Waals surface area contributed by atoms with Crippen molar-refractivity contribution in [2.45, 2.75) is 50.9 Å². The molecule has 8 nitrogen and oxygen atoms in total. The van der Waals surface area contributed by atoms with Crippen molar-refractivity contribution < 1.29 is 9.47 Å². The van der Waals surface area contributed by atoms with Crippen molar-refractivity contribution in [3.63, 3.8) is 0 Å². The quantitative estimate of drug-likeness (QED) is 0.293. The van der Waals surface area contributed by atoms with Gasteiger partial charge < -0.3 is 14.8 Å². The summed E-state index contributed by atoms with van der Waals surface area (Å²) in [5.74, 6) is 1.00. The Hall–Kier alpha value is -4.04. The molecule has 0 spiro atoms. The molecule has 8 heteroatoms. The molecule has 2 fully saturated rings. The summed E-state index contributed by atoms with van der Waals surface area (Å²) in [5.41, 5.74) is 5.51. The fourth-order valence-corrected chi connectivity index (χ4v) is 5.05. The maximum Gasteiger partial charge on any atom is 0.247 e. The van der Waals surface area contributed by atoms with Crippen LogP contribution >= 0.6 is 0 Å². The number of nitrogens with one attached hydrogen (secondary N) is 1. The molecular weight excluding hydrogens is 464 g/mol. The first-order chi connectivity index (χ1) is 18.3. The third kappa shape index (κ3) is 4.27. The van der Waals surface area contributed by atoms with Gasteiger partial charge in [0.05, 0.1) is 11.8 Å². The summed E-state index contributed by atoms with van der Waals surface area (Å²) in [7, 11) is 0. The fraction of sp³-hybridized carbons (Fsp3) is 0.310. The molecule has 1 aliphatic carbocycles. The van der Waals surface area contributed by atoms with Gasteiger partial charge in [0.2, 0.25) is 11.8 Å².